The number of amides is 1. The zero-order valence-electron chi connectivity index (χ0n) is 16.0. The summed E-state index contributed by atoms with van der Waals surface area (Å²) in [6.07, 6.45) is 4.53. The highest BCUT2D eigenvalue weighted by atomic mass is 32.1. The fourth-order valence-electron chi connectivity index (χ4n) is 5.00. The summed E-state index contributed by atoms with van der Waals surface area (Å²) in [6.45, 7) is 8.24. The number of carbonyl (C=O) groups excluding carboxylic acids is 1. The molecule has 26 heavy (non-hydrogen) atoms. The van der Waals surface area contributed by atoms with Gasteiger partial charge in [-0.05, 0) is 39.5 Å². The van der Waals surface area contributed by atoms with Gasteiger partial charge in [-0.25, -0.2) is 4.98 Å². The summed E-state index contributed by atoms with van der Waals surface area (Å²) >= 11 is 1.52. The number of piperidine rings is 1. The fraction of sp³-hybridized carbons (Fsp3) is 0.789. The third-order valence-corrected chi connectivity index (χ3v) is 7.53. The first-order valence-electron chi connectivity index (χ1n) is 9.66. The smallest absolute Gasteiger partial charge is 0.265 e. The molecule has 0 N–H and O–H groups in total. The van der Waals surface area contributed by atoms with Crippen LogP contribution in [0.2, 0.25) is 0 Å². The fourth-order valence-corrected chi connectivity index (χ4v) is 5.89. The summed E-state index contributed by atoms with van der Waals surface area (Å²) in [6, 6.07) is 0.549. The minimum absolute atomic E-state index is 0.158. The highest BCUT2D eigenvalue weighted by Crippen LogP contribution is 2.44. The van der Waals surface area contributed by atoms with E-state index in [1.54, 1.807) is 0 Å². The zero-order valence-corrected chi connectivity index (χ0v) is 16.8. The standard InChI is InChI=1S/C19H29N3O3S/c1-13-17(26-14(2)20-13)18(23)21-8-4-15(5-9-21)22-12-16(24-3)19(22)6-10-25-11-7-19/h15-16H,4-12H2,1-3H3. The van der Waals surface area contributed by atoms with Crippen LogP contribution in [-0.2, 0) is 9.47 Å². The van der Waals surface area contributed by atoms with E-state index in [-0.39, 0.29) is 11.4 Å². The number of likely N-dealkylation sites (tertiary alicyclic amines) is 2. The number of methoxy groups -OCH3 is 1. The van der Waals surface area contributed by atoms with Crippen molar-refractivity contribution in [1.29, 1.82) is 0 Å². The number of ether oxygens (including phenoxy) is 2. The van der Waals surface area contributed by atoms with Crippen LogP contribution in [0.3, 0.4) is 0 Å². The molecule has 0 radical (unpaired) electrons. The second-order valence-electron chi connectivity index (χ2n) is 7.76. The van der Waals surface area contributed by atoms with Crippen LogP contribution < -0.4 is 0 Å². The number of aryl methyl sites for hydroxylation is 2. The molecule has 0 aliphatic carbocycles. The van der Waals surface area contributed by atoms with E-state index in [4.69, 9.17) is 9.47 Å². The lowest BCUT2D eigenvalue weighted by molar-refractivity contribution is -0.207. The Labute approximate surface area is 159 Å². The Morgan fingerprint density at radius 3 is 2.54 bits per heavy atom. The zero-order chi connectivity index (χ0) is 18.3. The molecule has 0 bridgehead atoms. The lowest BCUT2D eigenvalue weighted by Gasteiger charge is -2.63. The highest BCUT2D eigenvalue weighted by Gasteiger charge is 2.56. The molecule has 144 valence electrons. The Balaban J connectivity index is 1.39. The summed E-state index contributed by atoms with van der Waals surface area (Å²) in [5.41, 5.74) is 1.03. The third-order valence-electron chi connectivity index (χ3n) is 6.47. The number of rotatable bonds is 3. The molecule has 1 unspecified atom stereocenters. The van der Waals surface area contributed by atoms with Gasteiger partial charge in [0.2, 0.25) is 0 Å². The van der Waals surface area contributed by atoms with Gasteiger partial charge in [0.05, 0.1) is 22.3 Å². The maximum absolute atomic E-state index is 12.8. The van der Waals surface area contributed by atoms with E-state index in [0.717, 1.165) is 74.1 Å². The molecule has 4 heterocycles. The number of nitrogens with zero attached hydrogens (tertiary/aromatic N) is 3. The largest absolute Gasteiger partial charge is 0.381 e. The van der Waals surface area contributed by atoms with Crippen LogP contribution in [0, 0.1) is 13.8 Å². The Morgan fingerprint density at radius 1 is 1.27 bits per heavy atom. The predicted molar refractivity (Wildman–Crippen MR) is 101 cm³/mol. The van der Waals surface area contributed by atoms with Crippen molar-refractivity contribution in [3.8, 4) is 0 Å². The lowest BCUT2D eigenvalue weighted by atomic mass is 9.73. The molecule has 1 aromatic rings. The first kappa shape index (κ1) is 18.3. The van der Waals surface area contributed by atoms with Crippen molar-refractivity contribution in [3.63, 3.8) is 0 Å². The number of carbonyl (C=O) groups is 1. The lowest BCUT2D eigenvalue weighted by Crippen LogP contribution is -2.75. The van der Waals surface area contributed by atoms with Gasteiger partial charge in [0.25, 0.3) is 5.91 Å². The second-order valence-corrected chi connectivity index (χ2v) is 8.97. The minimum Gasteiger partial charge on any atom is -0.381 e. The molecule has 6 nitrogen and oxygen atoms in total. The first-order chi connectivity index (χ1) is 12.5. The van der Waals surface area contributed by atoms with Crippen molar-refractivity contribution in [1.82, 2.24) is 14.8 Å². The molecular weight excluding hydrogens is 350 g/mol. The van der Waals surface area contributed by atoms with E-state index in [1.807, 2.05) is 25.9 Å². The summed E-state index contributed by atoms with van der Waals surface area (Å²) in [5.74, 6) is 0.158. The van der Waals surface area contributed by atoms with Gasteiger partial charge >= 0.3 is 0 Å². The van der Waals surface area contributed by atoms with Gasteiger partial charge in [-0.2, -0.15) is 0 Å². The molecule has 1 amide bonds. The second kappa shape index (κ2) is 7.19. The minimum atomic E-state index is 0.158. The summed E-state index contributed by atoms with van der Waals surface area (Å²) in [7, 11) is 1.83. The summed E-state index contributed by atoms with van der Waals surface area (Å²) in [5, 5.41) is 0.966. The molecule has 3 aliphatic heterocycles. The van der Waals surface area contributed by atoms with Gasteiger partial charge in [0.1, 0.15) is 4.88 Å². The van der Waals surface area contributed by atoms with Gasteiger partial charge < -0.3 is 14.4 Å². The van der Waals surface area contributed by atoms with E-state index in [1.165, 1.54) is 11.3 Å². The van der Waals surface area contributed by atoms with Gasteiger partial charge in [-0.1, -0.05) is 0 Å². The molecule has 0 aromatic carbocycles. The number of hydrogen-bond acceptors (Lipinski definition) is 6. The monoisotopic (exact) mass is 379 g/mol. The van der Waals surface area contributed by atoms with E-state index in [9.17, 15) is 4.79 Å². The highest BCUT2D eigenvalue weighted by molar-refractivity contribution is 7.13. The van der Waals surface area contributed by atoms with Crippen LogP contribution in [0.25, 0.3) is 0 Å². The Kier molecular flexibility index (Phi) is 5.07. The molecule has 1 atom stereocenters. The van der Waals surface area contributed by atoms with Crippen LogP contribution in [-0.4, -0.2) is 78.3 Å². The molecule has 3 aliphatic rings. The average Bonchev–Trinajstić information content (AvgIpc) is 3.00. The molecular formula is C19H29N3O3S. The number of hydrogen-bond donors (Lipinski definition) is 0. The predicted octanol–water partition coefficient (Wildman–Crippen LogP) is 2.24. The topological polar surface area (TPSA) is 54.9 Å². The van der Waals surface area contributed by atoms with Crippen molar-refractivity contribution in [3.05, 3.63) is 15.6 Å². The van der Waals surface area contributed by atoms with E-state index >= 15 is 0 Å². The van der Waals surface area contributed by atoms with E-state index < -0.39 is 0 Å². The maximum atomic E-state index is 12.8. The normalized spacial score (nSPS) is 26.9. The van der Waals surface area contributed by atoms with E-state index in [2.05, 4.69) is 9.88 Å². The molecule has 1 spiro atoms. The van der Waals surface area contributed by atoms with Crippen molar-refractivity contribution in [2.75, 3.05) is 40.0 Å². The van der Waals surface area contributed by atoms with Gasteiger partial charge in [-0.3, -0.25) is 9.69 Å². The van der Waals surface area contributed by atoms with Gasteiger partial charge in [-0.15, -0.1) is 11.3 Å². The number of thiazole rings is 1. The Hall–Kier alpha value is -1.02. The molecule has 1 aromatic heterocycles. The Morgan fingerprint density at radius 2 is 1.96 bits per heavy atom. The third kappa shape index (κ3) is 2.99. The Bertz CT molecular complexity index is 663. The maximum Gasteiger partial charge on any atom is 0.265 e. The van der Waals surface area contributed by atoms with Crippen molar-refractivity contribution in [2.45, 2.75) is 57.2 Å². The molecule has 4 rings (SSSR count). The molecule has 3 fully saturated rings. The number of aromatic nitrogens is 1. The molecule has 7 heteroatoms. The van der Waals surface area contributed by atoms with Crippen LogP contribution in [0.15, 0.2) is 0 Å². The van der Waals surface area contributed by atoms with Crippen molar-refractivity contribution in [2.24, 2.45) is 0 Å². The first-order valence-corrected chi connectivity index (χ1v) is 10.5. The van der Waals surface area contributed by atoms with Crippen LogP contribution in [0.4, 0.5) is 0 Å². The summed E-state index contributed by atoms with van der Waals surface area (Å²) < 4.78 is 11.4. The molecule has 0 saturated carbocycles. The van der Waals surface area contributed by atoms with Crippen LogP contribution in [0.1, 0.15) is 46.1 Å². The van der Waals surface area contributed by atoms with Crippen molar-refractivity contribution < 1.29 is 14.3 Å². The quantitative estimate of drug-likeness (QED) is 0.806. The SMILES string of the molecule is COC1CN(C2CCN(C(=O)c3sc(C)nc3C)CC2)C12CCOCC2. The van der Waals surface area contributed by atoms with Crippen LogP contribution >= 0.6 is 11.3 Å². The van der Waals surface area contributed by atoms with Crippen LogP contribution in [0.5, 0.6) is 0 Å². The molecule has 3 saturated heterocycles. The average molecular weight is 380 g/mol. The van der Waals surface area contributed by atoms with E-state index in [0.29, 0.717) is 12.1 Å². The van der Waals surface area contributed by atoms with Gasteiger partial charge in [0.15, 0.2) is 0 Å². The van der Waals surface area contributed by atoms with Crippen molar-refractivity contribution >= 4 is 17.2 Å². The van der Waals surface area contributed by atoms with Gasteiger partial charge in [0, 0.05) is 46.0 Å². The summed E-state index contributed by atoms with van der Waals surface area (Å²) in [4.78, 5) is 22.7.